The maximum absolute atomic E-state index is 13.1. The third-order valence-electron chi connectivity index (χ3n) is 4.83. The van der Waals surface area contributed by atoms with Gasteiger partial charge in [-0.1, -0.05) is 42.7 Å². The summed E-state index contributed by atoms with van der Waals surface area (Å²) in [7, 11) is 4.09. The molecule has 1 fully saturated rings. The van der Waals surface area contributed by atoms with Crippen LogP contribution in [0.2, 0.25) is 0 Å². The number of hydrogen-bond acceptors (Lipinski definition) is 4. The molecule has 138 valence electrons. The maximum Gasteiger partial charge on any atom is 0.231 e. The quantitative estimate of drug-likeness (QED) is 0.764. The molecule has 1 heterocycles. The first-order valence-electron chi connectivity index (χ1n) is 8.88. The Morgan fingerprint density at radius 2 is 1.92 bits per heavy atom. The Morgan fingerprint density at radius 3 is 2.56 bits per heavy atom. The van der Waals surface area contributed by atoms with E-state index in [0.29, 0.717) is 6.54 Å². The van der Waals surface area contributed by atoms with Crippen molar-refractivity contribution in [2.24, 2.45) is 5.92 Å². The number of anilines is 1. The van der Waals surface area contributed by atoms with E-state index in [4.69, 9.17) is 4.98 Å². The molecule has 25 heavy (non-hydrogen) atoms. The maximum atomic E-state index is 13.1. The Kier molecular flexibility index (Phi) is 7.23. The summed E-state index contributed by atoms with van der Waals surface area (Å²) in [5.41, 5.74) is 2.21. The summed E-state index contributed by atoms with van der Waals surface area (Å²) in [6, 6.07) is 6.24. The van der Waals surface area contributed by atoms with Crippen LogP contribution in [-0.2, 0) is 4.79 Å². The van der Waals surface area contributed by atoms with Gasteiger partial charge in [0, 0.05) is 19.0 Å². The zero-order valence-corrected chi connectivity index (χ0v) is 17.0. The number of aromatic nitrogens is 1. The van der Waals surface area contributed by atoms with Crippen LogP contribution < -0.4 is 4.90 Å². The average molecular weight is 382 g/mol. The fourth-order valence-electron chi connectivity index (χ4n) is 3.36. The highest BCUT2D eigenvalue weighted by Crippen LogP contribution is 2.33. The number of carbonyl (C=O) groups excluding carboxylic acids is 1. The van der Waals surface area contributed by atoms with Gasteiger partial charge in [0.15, 0.2) is 5.13 Å². The zero-order valence-electron chi connectivity index (χ0n) is 15.3. The number of benzene rings is 1. The molecule has 0 atom stereocenters. The van der Waals surface area contributed by atoms with Crippen molar-refractivity contribution in [3.63, 3.8) is 0 Å². The molecule has 6 heteroatoms. The summed E-state index contributed by atoms with van der Waals surface area (Å²) in [6.07, 6.45) is 5.68. The lowest BCUT2D eigenvalue weighted by Gasteiger charge is -2.28. The predicted octanol–water partition coefficient (Wildman–Crippen LogP) is 4.50. The number of carbonyl (C=O) groups is 1. The van der Waals surface area contributed by atoms with Crippen molar-refractivity contribution in [3.05, 3.63) is 23.8 Å². The Labute approximate surface area is 160 Å². The first kappa shape index (κ1) is 20.1. The number of likely N-dealkylation sites (N-methyl/N-ethyl adjacent to an activating group) is 1. The number of amides is 1. The van der Waals surface area contributed by atoms with Crippen molar-refractivity contribution < 1.29 is 4.79 Å². The van der Waals surface area contributed by atoms with E-state index in [9.17, 15) is 4.79 Å². The second-order valence-electron chi connectivity index (χ2n) is 7.05. The van der Waals surface area contributed by atoms with Crippen LogP contribution in [0.4, 0.5) is 5.13 Å². The molecular formula is C19H28ClN3OS. The Hall–Kier alpha value is -1.17. The predicted molar refractivity (Wildman–Crippen MR) is 109 cm³/mol. The van der Waals surface area contributed by atoms with Gasteiger partial charge in [0.25, 0.3) is 0 Å². The lowest BCUT2D eigenvalue weighted by molar-refractivity contribution is -0.123. The van der Waals surface area contributed by atoms with Gasteiger partial charge in [-0.2, -0.15) is 0 Å². The third-order valence-corrected chi connectivity index (χ3v) is 5.88. The Balaban J connectivity index is 0.00000225. The second kappa shape index (κ2) is 8.97. The van der Waals surface area contributed by atoms with Crippen molar-refractivity contribution >= 4 is 45.0 Å². The number of halogens is 1. The molecule has 1 aliphatic rings. The van der Waals surface area contributed by atoms with Gasteiger partial charge in [-0.25, -0.2) is 4.98 Å². The highest BCUT2D eigenvalue weighted by atomic mass is 35.5. The first-order chi connectivity index (χ1) is 11.6. The van der Waals surface area contributed by atoms with E-state index in [0.717, 1.165) is 34.7 Å². The topological polar surface area (TPSA) is 36.4 Å². The van der Waals surface area contributed by atoms with Crippen LogP contribution in [0.25, 0.3) is 10.2 Å². The summed E-state index contributed by atoms with van der Waals surface area (Å²) in [6.45, 7) is 3.65. The van der Waals surface area contributed by atoms with Crippen LogP contribution in [0, 0.1) is 12.8 Å². The Bertz CT molecular complexity index is 710. The minimum Gasteiger partial charge on any atom is -0.308 e. The number of rotatable bonds is 5. The number of hydrogen-bond donors (Lipinski definition) is 0. The highest BCUT2D eigenvalue weighted by molar-refractivity contribution is 7.22. The fraction of sp³-hybridized carbons (Fsp3) is 0.579. The van der Waals surface area contributed by atoms with Crippen molar-refractivity contribution in [2.75, 3.05) is 32.1 Å². The van der Waals surface area contributed by atoms with Gasteiger partial charge < -0.3 is 4.90 Å². The van der Waals surface area contributed by atoms with Gasteiger partial charge in [-0.15, -0.1) is 12.4 Å². The van der Waals surface area contributed by atoms with Gasteiger partial charge >= 0.3 is 0 Å². The minimum atomic E-state index is 0. The number of para-hydroxylation sites is 1. The summed E-state index contributed by atoms with van der Waals surface area (Å²) < 4.78 is 1.16. The summed E-state index contributed by atoms with van der Waals surface area (Å²) >= 11 is 1.64. The van der Waals surface area contributed by atoms with Crippen molar-refractivity contribution in [3.8, 4) is 0 Å². The molecule has 1 aromatic carbocycles. The number of fused-ring (bicyclic) bond motifs is 1. The second-order valence-corrected chi connectivity index (χ2v) is 8.06. The summed E-state index contributed by atoms with van der Waals surface area (Å²) in [5.74, 6) is 0.447. The smallest absolute Gasteiger partial charge is 0.231 e. The van der Waals surface area contributed by atoms with Gasteiger partial charge in [0.2, 0.25) is 5.91 Å². The Morgan fingerprint density at radius 1 is 1.20 bits per heavy atom. The molecule has 0 aliphatic heterocycles. The molecule has 1 saturated carbocycles. The standard InChI is InChI=1S/C19H27N3OS.ClH/c1-14-8-7-11-16-17(14)20-19(24-16)22(13-12-21(2)3)18(23)15-9-5-4-6-10-15;/h7-8,11,15H,4-6,9-10,12-13H2,1-3H3;1H. The molecule has 0 spiro atoms. The van der Waals surface area contributed by atoms with Gasteiger partial charge in [-0.3, -0.25) is 9.69 Å². The molecule has 0 unspecified atom stereocenters. The molecular weight excluding hydrogens is 354 g/mol. The molecule has 1 aliphatic carbocycles. The molecule has 1 amide bonds. The van der Waals surface area contributed by atoms with Crippen molar-refractivity contribution in [1.82, 2.24) is 9.88 Å². The fourth-order valence-corrected chi connectivity index (χ4v) is 4.43. The van der Waals surface area contributed by atoms with Gasteiger partial charge in [0.05, 0.1) is 10.2 Å². The van der Waals surface area contributed by atoms with E-state index in [1.807, 2.05) is 19.0 Å². The summed E-state index contributed by atoms with van der Waals surface area (Å²) in [5, 5.41) is 0.858. The SMILES string of the molecule is Cc1cccc2sc(N(CCN(C)C)C(=O)C3CCCCC3)nc12.Cl. The van der Waals surface area contributed by atoms with E-state index in [-0.39, 0.29) is 24.2 Å². The molecule has 0 radical (unpaired) electrons. The van der Waals surface area contributed by atoms with Crippen LogP contribution in [0.5, 0.6) is 0 Å². The molecule has 0 N–H and O–H groups in total. The highest BCUT2D eigenvalue weighted by Gasteiger charge is 2.28. The minimum absolute atomic E-state index is 0. The lowest BCUT2D eigenvalue weighted by atomic mass is 9.88. The largest absolute Gasteiger partial charge is 0.308 e. The van der Waals surface area contributed by atoms with E-state index >= 15 is 0 Å². The van der Waals surface area contributed by atoms with Crippen LogP contribution in [-0.4, -0.2) is 43.0 Å². The summed E-state index contributed by atoms with van der Waals surface area (Å²) in [4.78, 5) is 22.0. The molecule has 0 saturated heterocycles. The number of thiazole rings is 1. The third kappa shape index (κ3) is 4.72. The van der Waals surface area contributed by atoms with Crippen LogP contribution in [0.3, 0.4) is 0 Å². The zero-order chi connectivity index (χ0) is 17.1. The monoisotopic (exact) mass is 381 g/mol. The van der Waals surface area contributed by atoms with Gasteiger partial charge in [0.1, 0.15) is 0 Å². The number of nitrogens with zero attached hydrogens (tertiary/aromatic N) is 3. The molecule has 4 nitrogen and oxygen atoms in total. The molecule has 2 aromatic rings. The van der Waals surface area contributed by atoms with Crippen LogP contribution in [0.1, 0.15) is 37.7 Å². The van der Waals surface area contributed by atoms with Crippen LogP contribution in [0.15, 0.2) is 18.2 Å². The van der Waals surface area contributed by atoms with Gasteiger partial charge in [-0.05, 0) is 45.5 Å². The van der Waals surface area contributed by atoms with E-state index in [1.54, 1.807) is 11.3 Å². The molecule has 1 aromatic heterocycles. The van der Waals surface area contributed by atoms with Crippen molar-refractivity contribution in [2.45, 2.75) is 39.0 Å². The molecule has 3 rings (SSSR count). The molecule has 0 bridgehead atoms. The first-order valence-corrected chi connectivity index (χ1v) is 9.70. The van der Waals surface area contributed by atoms with E-state index in [1.165, 1.54) is 24.8 Å². The lowest BCUT2D eigenvalue weighted by Crippen LogP contribution is -2.41. The normalized spacial score (nSPS) is 15.4. The average Bonchev–Trinajstić information content (AvgIpc) is 3.01. The van der Waals surface area contributed by atoms with E-state index in [2.05, 4.69) is 30.0 Å². The van der Waals surface area contributed by atoms with Crippen molar-refractivity contribution in [1.29, 1.82) is 0 Å². The van der Waals surface area contributed by atoms with Crippen LogP contribution >= 0.6 is 23.7 Å². The number of aryl methyl sites for hydroxylation is 1. The van der Waals surface area contributed by atoms with E-state index < -0.39 is 0 Å².